The maximum Gasteiger partial charge on any atom is 0.305 e. The van der Waals surface area contributed by atoms with Gasteiger partial charge in [-0.15, -0.1) is 0 Å². The normalized spacial score (nSPS) is 18.0. The first kappa shape index (κ1) is 49.9. The maximum atomic E-state index is 14.9. The van der Waals surface area contributed by atoms with Gasteiger partial charge < -0.3 is 40.0 Å². The molecule has 0 radical (unpaired) electrons. The number of hydrogen-bond donors (Lipinski definition) is 4. The number of benzene rings is 4. The molecule has 0 bridgehead atoms. The number of hydrogen-bond acceptors (Lipinski definition) is 14. The molecule has 0 aromatic heterocycles. The minimum Gasteiger partial charge on any atom is -0.461 e. The van der Waals surface area contributed by atoms with Gasteiger partial charge in [0.25, 0.3) is 0 Å². The maximum absolute atomic E-state index is 14.9. The molecule has 0 saturated heterocycles. The van der Waals surface area contributed by atoms with Crippen molar-refractivity contribution < 1.29 is 48.0 Å². The fourth-order valence-corrected chi connectivity index (χ4v) is 9.38. The van der Waals surface area contributed by atoms with Gasteiger partial charge >= 0.3 is 23.9 Å². The number of ketones is 1. The molecule has 3 aliphatic rings. The standard InChI is InChI=1S/C54H68N4O10/c1-5-9-13-23-41(59)65-31-53(32-66-42(60)24-14-10-6-2)55-39-21-17-19-35-27-29-37(49(57-53)45(35)39)47-51(63)48(52(47)64)38-30-28-36-20-18-22-40-46(36)50(38)58-54(56-40,33-67-43(61)25-15-11-7-3)34-68-44(62)26-16-12-8-4/h17-22,27-30,47,51,55-57,63H,5-16,23-26,31-34H2,1-4H3. The van der Waals surface area contributed by atoms with Crippen LogP contribution in [0.1, 0.15) is 142 Å². The van der Waals surface area contributed by atoms with Crippen LogP contribution in [-0.2, 0) is 42.9 Å². The molecule has 14 heteroatoms. The van der Waals surface area contributed by atoms with Gasteiger partial charge in [0.2, 0.25) is 0 Å². The Morgan fingerprint density at radius 2 is 1.04 bits per heavy atom. The lowest BCUT2D eigenvalue weighted by atomic mass is 9.69. The lowest BCUT2D eigenvalue weighted by Crippen LogP contribution is -2.57. The van der Waals surface area contributed by atoms with Crippen LogP contribution >= 0.6 is 0 Å². The Labute approximate surface area is 398 Å². The van der Waals surface area contributed by atoms with Gasteiger partial charge in [0.05, 0.1) is 23.1 Å². The number of aliphatic hydroxyl groups is 1. The highest BCUT2D eigenvalue weighted by Crippen LogP contribution is 2.48. The molecule has 7 rings (SSSR count). The molecule has 1 fully saturated rings. The van der Waals surface area contributed by atoms with Crippen molar-refractivity contribution in [3.8, 4) is 0 Å². The van der Waals surface area contributed by atoms with Gasteiger partial charge in [-0.1, -0.05) is 128 Å². The van der Waals surface area contributed by atoms with Crippen molar-refractivity contribution in [3.63, 3.8) is 0 Å². The van der Waals surface area contributed by atoms with E-state index < -0.39 is 35.3 Å². The molecular formula is C54H68N4O10. The van der Waals surface area contributed by atoms with E-state index in [4.69, 9.17) is 23.9 Å². The summed E-state index contributed by atoms with van der Waals surface area (Å²) in [6, 6.07) is 18.8. The minimum atomic E-state index is -1.44. The third kappa shape index (κ3) is 11.3. The van der Waals surface area contributed by atoms with Crippen LogP contribution in [0.5, 0.6) is 0 Å². The SMILES string of the molecule is CCCCCC(=O)OCC1(COC(=O)CCCCC)N=c2c(=C3C(=O)C(c4ccc5cccc6c5c4NC(COC(=O)CCCCC)(COC(=O)CCCCC)N6)C3O)ccc3cccc(c23)N1. The van der Waals surface area contributed by atoms with Crippen LogP contribution in [0, 0.1) is 0 Å². The number of aliphatic hydroxyl groups excluding tert-OH is 1. The second-order valence-corrected chi connectivity index (χ2v) is 18.6. The van der Waals surface area contributed by atoms with E-state index in [0.717, 1.165) is 67.5 Å². The Morgan fingerprint density at radius 3 is 1.54 bits per heavy atom. The number of nitrogens with one attached hydrogen (secondary N) is 3. The van der Waals surface area contributed by atoms with E-state index in [1.807, 2.05) is 54.6 Å². The van der Waals surface area contributed by atoms with Gasteiger partial charge in [-0.25, -0.2) is 4.99 Å². The molecule has 4 aromatic carbocycles. The summed E-state index contributed by atoms with van der Waals surface area (Å²) in [5.41, 5.74) is -0.184. The van der Waals surface area contributed by atoms with E-state index in [1.165, 1.54) is 0 Å². The molecule has 4 aromatic rings. The number of ether oxygens (including phenoxy) is 4. The number of rotatable bonds is 25. The number of Topliss-reactive ketones (excluding diaryl/α,β-unsaturated/α-hetero) is 1. The summed E-state index contributed by atoms with van der Waals surface area (Å²) in [6.07, 6.45) is 9.73. The molecule has 2 aliphatic heterocycles. The summed E-state index contributed by atoms with van der Waals surface area (Å²) in [5.74, 6) is -2.87. The highest BCUT2D eigenvalue weighted by molar-refractivity contribution is 6.28. The molecule has 68 heavy (non-hydrogen) atoms. The molecule has 2 atom stereocenters. The number of carbonyl (C=O) groups excluding carboxylic acids is 5. The summed E-state index contributed by atoms with van der Waals surface area (Å²) >= 11 is 0. The quantitative estimate of drug-likeness (QED) is 0.0281. The largest absolute Gasteiger partial charge is 0.461 e. The zero-order valence-corrected chi connectivity index (χ0v) is 40.1. The number of nitrogens with zero attached hydrogens (tertiary/aromatic N) is 1. The Hall–Kier alpha value is -6.02. The van der Waals surface area contributed by atoms with E-state index in [2.05, 4.69) is 43.6 Å². The monoisotopic (exact) mass is 932 g/mol. The topological polar surface area (TPSA) is 191 Å². The van der Waals surface area contributed by atoms with E-state index in [0.29, 0.717) is 64.3 Å². The lowest BCUT2D eigenvalue weighted by Gasteiger charge is -2.43. The van der Waals surface area contributed by atoms with Crippen molar-refractivity contribution in [1.82, 2.24) is 0 Å². The van der Waals surface area contributed by atoms with Crippen LogP contribution in [0.2, 0.25) is 0 Å². The molecule has 4 N–H and O–H groups in total. The molecular weight excluding hydrogens is 865 g/mol. The van der Waals surface area contributed by atoms with Gasteiger partial charge in [-0.2, -0.15) is 0 Å². The van der Waals surface area contributed by atoms with Crippen molar-refractivity contribution in [3.05, 3.63) is 76.8 Å². The predicted molar refractivity (Wildman–Crippen MR) is 263 cm³/mol. The van der Waals surface area contributed by atoms with Crippen LogP contribution in [0.15, 0.2) is 65.7 Å². The van der Waals surface area contributed by atoms with E-state index >= 15 is 0 Å². The summed E-state index contributed by atoms with van der Waals surface area (Å²) < 4.78 is 23.5. The Kier molecular flexibility index (Phi) is 16.8. The third-order valence-electron chi connectivity index (χ3n) is 13.2. The zero-order chi connectivity index (χ0) is 48.3. The van der Waals surface area contributed by atoms with Crippen LogP contribution < -0.4 is 26.5 Å². The Bertz CT molecular complexity index is 2580. The lowest BCUT2D eigenvalue weighted by molar-refractivity contribution is -0.151. The first-order valence-corrected chi connectivity index (χ1v) is 24.9. The fourth-order valence-electron chi connectivity index (χ4n) is 9.38. The second-order valence-electron chi connectivity index (χ2n) is 18.6. The van der Waals surface area contributed by atoms with E-state index in [-0.39, 0.29) is 75.4 Å². The summed E-state index contributed by atoms with van der Waals surface area (Å²) in [5, 5.41) is 26.8. The molecule has 14 nitrogen and oxygen atoms in total. The summed E-state index contributed by atoms with van der Waals surface area (Å²) in [7, 11) is 0. The van der Waals surface area contributed by atoms with Crippen molar-refractivity contribution >= 4 is 73.8 Å². The predicted octanol–water partition coefficient (Wildman–Crippen LogP) is 8.64. The van der Waals surface area contributed by atoms with Gasteiger partial charge in [-0.05, 0) is 54.2 Å². The molecule has 2 unspecified atom stereocenters. The van der Waals surface area contributed by atoms with Gasteiger partial charge in [-0.3, -0.25) is 24.0 Å². The molecule has 1 saturated carbocycles. The third-order valence-corrected chi connectivity index (χ3v) is 13.2. The van der Waals surface area contributed by atoms with Crippen molar-refractivity contribution in [2.45, 2.75) is 154 Å². The molecule has 0 spiro atoms. The Morgan fingerprint density at radius 1 is 0.574 bits per heavy atom. The summed E-state index contributed by atoms with van der Waals surface area (Å²) in [6.45, 7) is 7.37. The molecule has 1 aliphatic carbocycles. The van der Waals surface area contributed by atoms with Crippen LogP contribution in [0.25, 0.3) is 27.1 Å². The minimum absolute atomic E-state index is 0.164. The number of unbranched alkanes of at least 4 members (excludes halogenated alkanes) is 8. The average Bonchev–Trinajstić information content (AvgIpc) is 3.33. The van der Waals surface area contributed by atoms with Crippen molar-refractivity contribution in [2.24, 2.45) is 4.99 Å². The number of anilines is 3. The highest BCUT2D eigenvalue weighted by atomic mass is 16.6. The summed E-state index contributed by atoms with van der Waals surface area (Å²) in [4.78, 5) is 72.2. The van der Waals surface area contributed by atoms with E-state index in [1.54, 1.807) is 6.07 Å². The van der Waals surface area contributed by atoms with Crippen LogP contribution in [0.4, 0.5) is 17.1 Å². The molecule has 0 amide bonds. The van der Waals surface area contributed by atoms with Gasteiger partial charge in [0, 0.05) is 58.6 Å². The Balaban J connectivity index is 1.27. The smallest absolute Gasteiger partial charge is 0.305 e. The van der Waals surface area contributed by atoms with Crippen molar-refractivity contribution in [2.75, 3.05) is 42.4 Å². The highest BCUT2D eigenvalue weighted by Gasteiger charge is 2.49. The second kappa shape index (κ2) is 22.9. The first-order valence-electron chi connectivity index (χ1n) is 24.9. The van der Waals surface area contributed by atoms with E-state index in [9.17, 15) is 29.1 Å². The zero-order valence-electron chi connectivity index (χ0n) is 40.1. The molecule has 364 valence electrons. The average molecular weight is 933 g/mol. The van der Waals surface area contributed by atoms with Crippen LogP contribution in [0.3, 0.4) is 0 Å². The first-order chi connectivity index (χ1) is 33.0. The van der Waals surface area contributed by atoms with Crippen LogP contribution in [-0.4, -0.2) is 78.6 Å². The number of carbonyl (C=O) groups is 5. The number of esters is 4. The fraction of sp³-hybridized carbons (Fsp3) is 0.519. The van der Waals surface area contributed by atoms with Crippen molar-refractivity contribution in [1.29, 1.82) is 0 Å². The molecule has 2 heterocycles. The van der Waals surface area contributed by atoms with Gasteiger partial charge in [0.15, 0.2) is 17.1 Å². The van der Waals surface area contributed by atoms with Gasteiger partial charge in [0.1, 0.15) is 26.4 Å².